The van der Waals surface area contributed by atoms with Gasteiger partial charge in [-0.2, -0.15) is 5.10 Å². The second kappa shape index (κ2) is 4.23. The topological polar surface area (TPSA) is 61.8 Å². The lowest BCUT2D eigenvalue weighted by Crippen LogP contribution is -1.95. The van der Waals surface area contributed by atoms with Crippen molar-refractivity contribution < 1.29 is 5.11 Å². The number of nitrogens with one attached hydrogen (secondary N) is 1. The summed E-state index contributed by atoms with van der Waals surface area (Å²) >= 11 is 0. The molecule has 3 aromatic rings. The van der Waals surface area contributed by atoms with Crippen LogP contribution in [-0.2, 0) is 6.61 Å². The van der Waals surface area contributed by atoms with E-state index in [0.717, 1.165) is 33.3 Å². The number of benzene rings is 1. The fraction of sp³-hybridized carbons (Fsp3) is 0.143. The largest absolute Gasteiger partial charge is 0.392 e. The molecule has 2 heterocycles. The van der Waals surface area contributed by atoms with Gasteiger partial charge in [-0.25, -0.2) is 4.98 Å². The Hall–Kier alpha value is -2.20. The zero-order valence-corrected chi connectivity index (χ0v) is 10.0. The van der Waals surface area contributed by atoms with Gasteiger partial charge in [0.15, 0.2) is 0 Å². The molecule has 2 N–H and O–H groups in total. The molecule has 2 aromatic heterocycles. The quantitative estimate of drug-likeness (QED) is 0.722. The second-order valence-corrected chi connectivity index (χ2v) is 4.29. The van der Waals surface area contributed by atoms with Crippen LogP contribution < -0.4 is 0 Å². The molecule has 4 nitrogen and oxygen atoms in total. The van der Waals surface area contributed by atoms with E-state index < -0.39 is 0 Å². The number of aromatic amines is 1. The van der Waals surface area contributed by atoms with Crippen molar-refractivity contribution in [1.82, 2.24) is 15.2 Å². The highest BCUT2D eigenvalue weighted by Gasteiger charge is 2.10. The van der Waals surface area contributed by atoms with Gasteiger partial charge >= 0.3 is 0 Å². The van der Waals surface area contributed by atoms with Crippen molar-refractivity contribution in [3.63, 3.8) is 0 Å². The summed E-state index contributed by atoms with van der Waals surface area (Å²) in [7, 11) is 0. The molecule has 0 amide bonds. The summed E-state index contributed by atoms with van der Waals surface area (Å²) in [5.41, 5.74) is 4.58. The molecule has 18 heavy (non-hydrogen) atoms. The molecule has 0 spiro atoms. The van der Waals surface area contributed by atoms with Crippen LogP contribution >= 0.6 is 0 Å². The van der Waals surface area contributed by atoms with Gasteiger partial charge in [-0.3, -0.25) is 5.10 Å². The van der Waals surface area contributed by atoms with E-state index in [2.05, 4.69) is 15.2 Å². The minimum absolute atomic E-state index is 0.0304. The maximum absolute atomic E-state index is 9.48. The first-order valence-corrected chi connectivity index (χ1v) is 5.79. The molecule has 4 heteroatoms. The van der Waals surface area contributed by atoms with Crippen LogP contribution in [0.5, 0.6) is 0 Å². The molecule has 0 unspecified atom stereocenters. The van der Waals surface area contributed by atoms with Crippen molar-refractivity contribution >= 4 is 10.9 Å². The average Bonchev–Trinajstić information content (AvgIpc) is 2.91. The molecular weight excluding hydrogens is 226 g/mol. The predicted octanol–water partition coefficient (Wildman–Crippen LogP) is 2.43. The van der Waals surface area contributed by atoms with E-state index >= 15 is 0 Å². The maximum atomic E-state index is 9.48. The molecule has 0 saturated carbocycles. The average molecular weight is 239 g/mol. The molecule has 0 aliphatic heterocycles. The minimum Gasteiger partial charge on any atom is -0.392 e. The van der Waals surface area contributed by atoms with Gasteiger partial charge in [0.1, 0.15) is 0 Å². The van der Waals surface area contributed by atoms with Gasteiger partial charge in [-0.05, 0) is 18.6 Å². The summed E-state index contributed by atoms with van der Waals surface area (Å²) in [6.45, 7) is 2.00. The molecule has 0 radical (unpaired) electrons. The normalized spacial score (nSPS) is 11.0. The number of aryl methyl sites for hydroxylation is 1. The Morgan fingerprint density at radius 2 is 2.22 bits per heavy atom. The molecular formula is C14H13N3O. The van der Waals surface area contributed by atoms with Crippen LogP contribution in [0.3, 0.4) is 0 Å². The van der Waals surface area contributed by atoms with Crippen molar-refractivity contribution in [2.24, 2.45) is 0 Å². The molecule has 1 aromatic carbocycles. The first-order chi connectivity index (χ1) is 8.79. The van der Waals surface area contributed by atoms with Gasteiger partial charge in [0.2, 0.25) is 0 Å². The van der Waals surface area contributed by atoms with Gasteiger partial charge in [0.05, 0.1) is 24.0 Å². The number of hydrogen-bond acceptors (Lipinski definition) is 3. The van der Waals surface area contributed by atoms with Crippen LogP contribution in [0.4, 0.5) is 0 Å². The lowest BCUT2D eigenvalue weighted by molar-refractivity contribution is 0.282. The number of rotatable bonds is 2. The first-order valence-electron chi connectivity index (χ1n) is 5.79. The highest BCUT2D eigenvalue weighted by molar-refractivity contribution is 5.85. The zero-order chi connectivity index (χ0) is 12.5. The Kier molecular flexibility index (Phi) is 2.57. The predicted molar refractivity (Wildman–Crippen MR) is 70.0 cm³/mol. The van der Waals surface area contributed by atoms with Crippen LogP contribution in [0.1, 0.15) is 11.1 Å². The third-order valence-corrected chi connectivity index (χ3v) is 3.07. The summed E-state index contributed by atoms with van der Waals surface area (Å²) < 4.78 is 0. The lowest BCUT2D eigenvalue weighted by Gasteiger charge is -2.08. The van der Waals surface area contributed by atoms with E-state index in [9.17, 15) is 5.11 Å². The minimum atomic E-state index is -0.0304. The fourth-order valence-electron chi connectivity index (χ4n) is 2.14. The highest BCUT2D eigenvalue weighted by Crippen LogP contribution is 2.26. The number of hydrogen-bond donors (Lipinski definition) is 2. The summed E-state index contributed by atoms with van der Waals surface area (Å²) in [5.74, 6) is 0. The first kappa shape index (κ1) is 10.9. The summed E-state index contributed by atoms with van der Waals surface area (Å²) in [6.07, 6.45) is 3.50. The van der Waals surface area contributed by atoms with Gasteiger partial charge in [0, 0.05) is 22.7 Å². The van der Waals surface area contributed by atoms with Crippen LogP contribution in [0, 0.1) is 6.92 Å². The molecule has 0 aliphatic rings. The Morgan fingerprint density at radius 1 is 1.33 bits per heavy atom. The molecule has 3 rings (SSSR count). The number of aromatic nitrogens is 3. The molecule has 0 aliphatic carbocycles. The van der Waals surface area contributed by atoms with Gasteiger partial charge in [-0.1, -0.05) is 18.2 Å². The molecule has 0 atom stereocenters. The van der Waals surface area contributed by atoms with E-state index in [-0.39, 0.29) is 6.61 Å². The third-order valence-electron chi connectivity index (χ3n) is 3.07. The van der Waals surface area contributed by atoms with Crippen molar-refractivity contribution in [2.45, 2.75) is 13.5 Å². The number of H-pyrrole nitrogens is 1. The fourth-order valence-corrected chi connectivity index (χ4v) is 2.14. The Labute approximate surface area is 104 Å². The van der Waals surface area contributed by atoms with E-state index in [1.54, 1.807) is 12.4 Å². The van der Waals surface area contributed by atoms with Crippen LogP contribution in [0.15, 0.2) is 36.7 Å². The van der Waals surface area contributed by atoms with Crippen LogP contribution in [0.25, 0.3) is 22.2 Å². The number of para-hydroxylation sites is 1. The van der Waals surface area contributed by atoms with Crippen molar-refractivity contribution in [3.8, 4) is 11.3 Å². The van der Waals surface area contributed by atoms with Crippen LogP contribution in [-0.4, -0.2) is 20.3 Å². The summed E-state index contributed by atoms with van der Waals surface area (Å²) in [6, 6.07) is 8.02. The van der Waals surface area contributed by atoms with E-state index in [4.69, 9.17) is 0 Å². The maximum Gasteiger partial charge on any atom is 0.0796 e. The third kappa shape index (κ3) is 1.67. The zero-order valence-electron chi connectivity index (χ0n) is 10.0. The number of nitrogens with zero attached hydrogens (tertiary/aromatic N) is 2. The molecule has 90 valence electrons. The summed E-state index contributed by atoms with van der Waals surface area (Å²) in [5, 5.41) is 17.2. The Bertz CT molecular complexity index is 690. The molecule has 0 bridgehead atoms. The number of fused-ring (bicyclic) bond motifs is 1. The Morgan fingerprint density at radius 3 is 2.94 bits per heavy atom. The Balaban J connectivity index is 2.33. The van der Waals surface area contributed by atoms with Crippen LogP contribution in [0.2, 0.25) is 0 Å². The molecule has 0 fully saturated rings. The summed E-state index contributed by atoms with van der Waals surface area (Å²) in [4.78, 5) is 4.67. The number of pyridine rings is 1. The van der Waals surface area contributed by atoms with E-state index in [1.165, 1.54) is 0 Å². The SMILES string of the molecule is Cc1cccc2cc(CO)c(-c3cn[nH]c3)nc12. The van der Waals surface area contributed by atoms with Gasteiger partial charge < -0.3 is 5.11 Å². The smallest absolute Gasteiger partial charge is 0.0796 e. The number of aliphatic hydroxyl groups is 1. The van der Waals surface area contributed by atoms with Gasteiger partial charge in [-0.15, -0.1) is 0 Å². The van der Waals surface area contributed by atoms with Gasteiger partial charge in [0.25, 0.3) is 0 Å². The van der Waals surface area contributed by atoms with E-state index in [0.29, 0.717) is 0 Å². The van der Waals surface area contributed by atoms with Crippen molar-refractivity contribution in [1.29, 1.82) is 0 Å². The lowest BCUT2D eigenvalue weighted by atomic mass is 10.0. The van der Waals surface area contributed by atoms with Crippen molar-refractivity contribution in [2.75, 3.05) is 0 Å². The monoisotopic (exact) mass is 239 g/mol. The highest BCUT2D eigenvalue weighted by atomic mass is 16.3. The number of aliphatic hydroxyl groups excluding tert-OH is 1. The molecule has 0 saturated heterocycles. The van der Waals surface area contributed by atoms with Crippen molar-refractivity contribution in [3.05, 3.63) is 47.8 Å². The second-order valence-electron chi connectivity index (χ2n) is 4.29. The standard InChI is InChI=1S/C14H13N3O/c1-9-3-2-4-10-5-11(8-18)14(17-13(9)10)12-6-15-16-7-12/h2-7,18H,8H2,1H3,(H,15,16). The van der Waals surface area contributed by atoms with E-state index in [1.807, 2.05) is 31.2 Å².